The van der Waals surface area contributed by atoms with Gasteiger partial charge >= 0.3 is 0 Å². The zero-order valence-corrected chi connectivity index (χ0v) is 88.4. The first-order valence-electron chi connectivity index (χ1n) is 51.9. The van der Waals surface area contributed by atoms with Crippen molar-refractivity contribution in [2.45, 2.75) is 195 Å². The number of carbonyl (C=O) groups excluding carboxylic acids is 4. The summed E-state index contributed by atoms with van der Waals surface area (Å²) in [7, 11) is -5.06. The third-order valence-electron chi connectivity index (χ3n) is 30.3. The molecule has 10 fully saturated rings. The summed E-state index contributed by atoms with van der Waals surface area (Å²) in [6.45, 7) is 32.6. The highest BCUT2D eigenvalue weighted by atomic mass is 35.5. The molecule has 770 valence electrons. The monoisotopic (exact) mass is 2050 g/mol. The molecule has 10 aliphatic heterocycles. The molecule has 0 spiro atoms. The normalized spacial score (nSPS) is 21.3. The Balaban J connectivity index is 0.000000123. The number of nitrogens with one attached hydrogen (secondary N) is 2. The Bertz CT molecular complexity index is 7060. The number of aromatic nitrogens is 12. The van der Waals surface area contributed by atoms with E-state index in [0.717, 1.165) is 320 Å². The van der Waals surface area contributed by atoms with Crippen LogP contribution in [0.15, 0.2) is 122 Å². The predicted octanol–water partition coefficient (Wildman–Crippen LogP) is 17.3. The summed E-state index contributed by atoms with van der Waals surface area (Å²) in [5, 5.41) is 20.5. The number of anilines is 8. The Kier molecular flexibility index (Phi) is 30.3. The first-order chi connectivity index (χ1) is 69.6. The number of carbonyl (C=O) groups is 4. The average molecular weight is 2050 g/mol. The third-order valence-corrected chi connectivity index (χ3v) is 31.9. The highest BCUT2D eigenvalue weighted by Gasteiger charge is 2.40. The quantitative estimate of drug-likeness (QED) is 0.0759. The van der Waals surface area contributed by atoms with Crippen LogP contribution in [0.25, 0.3) is 22.6 Å². The molecule has 0 bridgehead atoms. The van der Waals surface area contributed by atoms with E-state index < -0.39 is 20.0 Å². The van der Waals surface area contributed by atoms with Crippen molar-refractivity contribution in [3.8, 4) is 0 Å². The molecule has 0 unspecified atom stereocenters. The number of hydrogen-bond acceptors (Lipinski definition) is 23. The summed E-state index contributed by atoms with van der Waals surface area (Å²) in [6, 6.07) is 33.2. The fraction of sp³-hybridized carbons (Fsp3) is 0.514. The molecule has 33 nitrogen and oxygen atoms in total. The maximum absolute atomic E-state index is 14.0. The number of piperidine rings is 5. The molecule has 38 heteroatoms. The van der Waals surface area contributed by atoms with E-state index in [2.05, 4.69) is 127 Å². The van der Waals surface area contributed by atoms with Crippen molar-refractivity contribution in [2.75, 3.05) is 183 Å². The second kappa shape index (κ2) is 43.2. The molecule has 145 heavy (non-hydrogen) atoms. The van der Waals surface area contributed by atoms with E-state index in [4.69, 9.17) is 63.5 Å². The summed E-state index contributed by atoms with van der Waals surface area (Å²) in [5.74, 6) is 6.96. The molecule has 8 aromatic heterocycles. The average Bonchev–Trinajstić information content (AvgIpc) is 1.59. The van der Waals surface area contributed by atoms with Crippen molar-refractivity contribution >= 4 is 136 Å². The zero-order chi connectivity index (χ0) is 102. The highest BCUT2D eigenvalue weighted by Crippen LogP contribution is 2.43. The number of sulfonamides is 2. The fourth-order valence-corrected chi connectivity index (χ4v) is 23.9. The van der Waals surface area contributed by atoms with Gasteiger partial charge in [0.2, 0.25) is 20.0 Å². The number of likely N-dealkylation sites (tertiary alicyclic amines) is 4. The van der Waals surface area contributed by atoms with E-state index in [-0.39, 0.29) is 82.9 Å². The maximum Gasteiger partial charge on any atom is 0.256 e. The molecule has 18 heterocycles. The van der Waals surface area contributed by atoms with Gasteiger partial charge in [-0.05, 0) is 236 Å². The Morgan fingerprint density at radius 3 is 1.20 bits per heavy atom. The summed E-state index contributed by atoms with van der Waals surface area (Å²) in [6.07, 6.45) is 24.0. The van der Waals surface area contributed by atoms with Crippen LogP contribution in [0.2, 0.25) is 10.0 Å². The van der Waals surface area contributed by atoms with Crippen LogP contribution in [-0.4, -0.2) is 267 Å². The van der Waals surface area contributed by atoms with Crippen LogP contribution < -0.4 is 38.8 Å². The van der Waals surface area contributed by atoms with Gasteiger partial charge in [0.15, 0.2) is 22.6 Å². The van der Waals surface area contributed by atoms with Crippen molar-refractivity contribution in [2.24, 2.45) is 17.8 Å². The topological polar surface area (TPSA) is 317 Å². The van der Waals surface area contributed by atoms with Crippen LogP contribution in [0, 0.1) is 59.3 Å². The number of rotatable bonds is 19. The Hall–Kier alpha value is -12.0. The number of nitrogens with zero attached hydrogens (tertiary/aromatic N) is 23. The molecule has 2 N–H and O–H groups in total. The van der Waals surface area contributed by atoms with Crippen LogP contribution in [0.5, 0.6) is 0 Å². The van der Waals surface area contributed by atoms with E-state index in [0.29, 0.717) is 53.6 Å². The lowest BCUT2D eigenvalue weighted by Crippen LogP contribution is -2.45. The number of likely N-dealkylation sites (N-methyl/N-ethyl adjacent to an activating group) is 1. The lowest BCUT2D eigenvalue weighted by atomic mass is 9.96. The Morgan fingerprint density at radius 1 is 0.372 bits per heavy atom. The molecule has 4 aromatic carbocycles. The van der Waals surface area contributed by atoms with Gasteiger partial charge in [-0.2, -0.15) is 29.4 Å². The van der Waals surface area contributed by atoms with Crippen LogP contribution in [0.1, 0.15) is 251 Å². The van der Waals surface area contributed by atoms with Gasteiger partial charge in [0.1, 0.15) is 34.9 Å². The summed E-state index contributed by atoms with van der Waals surface area (Å²) in [4.78, 5) is 98.7. The summed E-state index contributed by atoms with van der Waals surface area (Å²) >= 11 is 12.5. The van der Waals surface area contributed by atoms with Crippen LogP contribution in [-0.2, 0) is 20.0 Å². The first kappa shape index (κ1) is 102. The van der Waals surface area contributed by atoms with Crippen molar-refractivity contribution in [1.29, 1.82) is 0 Å². The maximum atomic E-state index is 14.0. The molecule has 0 aliphatic carbocycles. The molecule has 7 atom stereocenters. The lowest BCUT2D eigenvalue weighted by Gasteiger charge is -2.36. The lowest BCUT2D eigenvalue weighted by molar-refractivity contribution is 0.0598. The van der Waals surface area contributed by atoms with E-state index >= 15 is 0 Å². The van der Waals surface area contributed by atoms with Gasteiger partial charge in [0.05, 0.1) is 88.6 Å². The van der Waals surface area contributed by atoms with E-state index in [1.54, 1.807) is 21.9 Å². The second-order valence-electron chi connectivity index (χ2n) is 42.0. The van der Waals surface area contributed by atoms with Crippen LogP contribution in [0.4, 0.5) is 50.7 Å². The third kappa shape index (κ3) is 22.8. The molecule has 10 saturated heterocycles. The molecule has 12 aromatic rings. The molecule has 0 saturated carbocycles. The van der Waals surface area contributed by atoms with Gasteiger partial charge in [-0.1, -0.05) is 71.9 Å². The number of benzene rings is 4. The zero-order valence-electron chi connectivity index (χ0n) is 85.3. The van der Waals surface area contributed by atoms with E-state index in [9.17, 15) is 40.4 Å². The predicted molar refractivity (Wildman–Crippen MR) is 570 cm³/mol. The highest BCUT2D eigenvalue weighted by molar-refractivity contribution is 7.92. The molecule has 0 radical (unpaired) electrons. The standard InChI is InChI=1S/C28H35ClFN7O3S.C27H35ClN8O3S.2C26H33N5O/c1-41(39,40)33-22-9-8-20(29)14-21(22)28(38)36-13-3-2-7-24(36)23-15-26-31-25(34-11-5-12-34)16-27(37(26)32-23)35-10-4-6-19(17-30)18-35;1-32-12-14-34(15-13-32)26-18-24(33-9-5-10-33)29-25-17-22(30-36(25)26)23-6-3-4-11-35(23)27(37)20-16-19(28)7-8-21(20)31-40(2,38)39;1-17-8-9-19(3)21(13-17)26(32)30-11-6-5-7-23(30)22-14-24-27-25(20(4)16-31(24)28-22)29-12-10-18(2)15-29;1-17-8-10-29(15-17)25-20(4)16-31-24(27-25)14-22(28-31)23-7-5-6-9-30(23)26(32)21-12-18(2)11-19(3)13-21/h8-9,14-16,19,24,33H,2-7,10-13,17-18H2,1H3;7-8,16-18,23,31H,3-6,9-15H2,1-2H3;8-9,13-14,16,18,23H,5-7,10-12,15H2,1-4H3;11-14,16-17,23H,5-10,15H2,1-4H3/t19-,24-;23-;18-,23-;17-,23-/m0000/s1. The molecule has 4 amide bonds. The van der Waals surface area contributed by atoms with Crippen molar-refractivity contribution in [1.82, 2.24) is 82.9 Å². The minimum Gasteiger partial charge on any atom is -0.356 e. The Morgan fingerprint density at radius 2 is 0.786 bits per heavy atom. The van der Waals surface area contributed by atoms with E-state index in [1.165, 1.54) is 43.5 Å². The van der Waals surface area contributed by atoms with Gasteiger partial charge in [-0.15, -0.1) is 0 Å². The van der Waals surface area contributed by atoms with Crippen molar-refractivity contribution < 1.29 is 40.4 Å². The number of fused-ring (bicyclic) bond motifs is 4. The first-order valence-corrected chi connectivity index (χ1v) is 56.4. The van der Waals surface area contributed by atoms with Crippen molar-refractivity contribution in [3.63, 3.8) is 0 Å². The minimum absolute atomic E-state index is 0.00525. The number of aryl methyl sites for hydroxylation is 6. The van der Waals surface area contributed by atoms with Gasteiger partial charge in [-0.3, -0.25) is 33.0 Å². The van der Waals surface area contributed by atoms with Gasteiger partial charge in [0, 0.05) is 205 Å². The molecular weight excluding hydrogens is 1920 g/mol. The smallest absolute Gasteiger partial charge is 0.256 e. The number of alkyl halides is 1. The van der Waals surface area contributed by atoms with Gasteiger partial charge in [-0.25, -0.2) is 45.8 Å². The summed E-state index contributed by atoms with van der Waals surface area (Å²) < 4.78 is 74.1. The van der Waals surface area contributed by atoms with Gasteiger partial charge in [0.25, 0.3) is 23.6 Å². The SMILES string of the molecule is CN1CCN(c2cc(N3CCC3)nc3cc([C@@H]4CCCCN4C(=O)c4cc(Cl)ccc4NS(C)(=O)=O)nn23)CC1.CS(=O)(=O)Nc1ccc(Cl)cc1C(=O)N1CCCC[C@H]1c1cc2nc(N3CCC3)cc(N3CCC[C@@H](CF)C3)n2n1.Cc1cc(C)cc(C(=O)N2CCCC[C@H]2c2cc3nc(N4CC[C@H](C)C4)c(C)cn3n2)c1.Cc1ccc(C)c(C(=O)N2CCCC[C@H]2c2cc3nc(N4CC[C@H](C)C4)c(C)cn3n2)c1. The number of amides is 4. The Labute approximate surface area is 859 Å². The second-order valence-corrected chi connectivity index (χ2v) is 46.4. The minimum atomic E-state index is -3.61. The number of halogens is 3. The number of hydrogen-bond donors (Lipinski definition) is 2. The molecule has 22 rings (SSSR count). The number of piperazine rings is 1. The molecular formula is C107H136Cl2FN25O8S2. The summed E-state index contributed by atoms with van der Waals surface area (Å²) in [5.41, 5.74) is 15.7. The fourth-order valence-electron chi connectivity index (χ4n) is 22.4. The largest absolute Gasteiger partial charge is 0.356 e. The molecule has 10 aliphatic rings. The van der Waals surface area contributed by atoms with Gasteiger partial charge < -0.3 is 53.9 Å². The van der Waals surface area contributed by atoms with Crippen molar-refractivity contribution in [3.05, 3.63) is 210 Å². The van der Waals surface area contributed by atoms with Crippen LogP contribution in [0.3, 0.4) is 0 Å². The van der Waals surface area contributed by atoms with E-state index in [1.807, 2.05) is 92.0 Å². The van der Waals surface area contributed by atoms with Crippen LogP contribution >= 0.6 is 23.2 Å².